The van der Waals surface area contributed by atoms with Gasteiger partial charge in [0.25, 0.3) is 0 Å². The maximum atomic E-state index is 12.3. The standard InChI is InChI=1S/C16H16N6O2S2/c1-21(2)26(23,24)12-6-4-5-11(9-12)19-15-13(10-17)16(25-3)20-14-7-8-18-22(14)15/h4-9,19H,1-3H3. The molecule has 0 saturated carbocycles. The molecule has 8 nitrogen and oxygen atoms in total. The van der Waals surface area contributed by atoms with E-state index in [9.17, 15) is 13.7 Å². The van der Waals surface area contributed by atoms with Gasteiger partial charge in [0.2, 0.25) is 10.0 Å². The van der Waals surface area contributed by atoms with E-state index in [2.05, 4.69) is 21.5 Å². The van der Waals surface area contributed by atoms with Crippen LogP contribution in [0.25, 0.3) is 5.65 Å². The van der Waals surface area contributed by atoms with E-state index in [1.807, 2.05) is 6.26 Å². The minimum atomic E-state index is -3.56. The molecule has 10 heteroatoms. The molecule has 0 spiro atoms. The van der Waals surface area contributed by atoms with E-state index >= 15 is 0 Å². The number of benzene rings is 1. The van der Waals surface area contributed by atoms with Crippen molar-refractivity contribution in [2.45, 2.75) is 9.92 Å². The summed E-state index contributed by atoms with van der Waals surface area (Å²) in [4.78, 5) is 4.56. The number of thioether (sulfide) groups is 1. The molecule has 0 saturated heterocycles. The van der Waals surface area contributed by atoms with E-state index in [0.717, 1.165) is 4.31 Å². The van der Waals surface area contributed by atoms with Crippen molar-refractivity contribution in [2.75, 3.05) is 25.7 Å². The molecule has 0 aliphatic carbocycles. The molecule has 0 fully saturated rings. The number of hydrogen-bond acceptors (Lipinski definition) is 7. The number of fused-ring (bicyclic) bond motifs is 1. The van der Waals surface area contributed by atoms with Crippen molar-refractivity contribution in [1.29, 1.82) is 5.26 Å². The number of nitriles is 1. The Morgan fingerprint density at radius 1 is 1.31 bits per heavy atom. The quantitative estimate of drug-likeness (QED) is 0.528. The minimum absolute atomic E-state index is 0.155. The lowest BCUT2D eigenvalue weighted by molar-refractivity contribution is 0.521. The third-order valence-corrected chi connectivity index (χ3v) is 6.18. The van der Waals surface area contributed by atoms with E-state index < -0.39 is 10.0 Å². The van der Waals surface area contributed by atoms with Gasteiger partial charge in [0.05, 0.1) is 11.1 Å². The maximum absolute atomic E-state index is 12.3. The van der Waals surface area contributed by atoms with Crippen LogP contribution < -0.4 is 5.32 Å². The molecule has 0 amide bonds. The Balaban J connectivity index is 2.13. The number of sulfonamides is 1. The first-order valence-corrected chi connectivity index (χ1v) is 10.2. The fourth-order valence-corrected chi connectivity index (χ4v) is 3.85. The molecule has 0 aliphatic heterocycles. The average molecular weight is 388 g/mol. The van der Waals surface area contributed by atoms with E-state index in [-0.39, 0.29) is 4.90 Å². The fourth-order valence-electron chi connectivity index (χ4n) is 2.37. The van der Waals surface area contributed by atoms with Crippen LogP contribution in [0.3, 0.4) is 0 Å². The van der Waals surface area contributed by atoms with Gasteiger partial charge in [-0.15, -0.1) is 11.8 Å². The molecule has 0 atom stereocenters. The molecule has 3 rings (SSSR count). The number of aromatic nitrogens is 3. The second-order valence-electron chi connectivity index (χ2n) is 5.50. The van der Waals surface area contributed by atoms with Crippen molar-refractivity contribution in [1.82, 2.24) is 18.9 Å². The van der Waals surface area contributed by atoms with E-state index in [1.54, 1.807) is 24.4 Å². The summed E-state index contributed by atoms with van der Waals surface area (Å²) in [6.07, 6.45) is 3.43. The van der Waals surface area contributed by atoms with Crippen LogP contribution in [0.1, 0.15) is 5.56 Å². The third kappa shape index (κ3) is 3.12. The van der Waals surface area contributed by atoms with Crippen LogP contribution in [-0.2, 0) is 10.0 Å². The second-order valence-corrected chi connectivity index (χ2v) is 8.44. The summed E-state index contributed by atoms with van der Waals surface area (Å²) in [5, 5.41) is 17.5. The Bertz CT molecular complexity index is 1120. The second kappa shape index (κ2) is 6.95. The molecule has 0 aliphatic rings. The van der Waals surface area contributed by atoms with Crippen LogP contribution in [-0.4, -0.2) is 47.7 Å². The molecule has 134 valence electrons. The molecule has 2 heterocycles. The molecule has 26 heavy (non-hydrogen) atoms. The zero-order chi connectivity index (χ0) is 18.9. The first-order chi connectivity index (χ1) is 12.4. The van der Waals surface area contributed by atoms with Gasteiger partial charge < -0.3 is 5.32 Å². The number of anilines is 2. The van der Waals surface area contributed by atoms with Crippen molar-refractivity contribution in [2.24, 2.45) is 0 Å². The highest BCUT2D eigenvalue weighted by Crippen LogP contribution is 2.29. The van der Waals surface area contributed by atoms with Gasteiger partial charge in [-0.1, -0.05) is 6.07 Å². The molecular formula is C16H16N6O2S2. The van der Waals surface area contributed by atoms with Crippen LogP contribution in [0.5, 0.6) is 0 Å². The van der Waals surface area contributed by atoms with Crippen LogP contribution in [0.2, 0.25) is 0 Å². The monoisotopic (exact) mass is 388 g/mol. The van der Waals surface area contributed by atoms with Crippen molar-refractivity contribution in [3.05, 3.63) is 42.1 Å². The molecule has 1 N–H and O–H groups in total. The van der Waals surface area contributed by atoms with Crippen molar-refractivity contribution in [3.8, 4) is 6.07 Å². The van der Waals surface area contributed by atoms with E-state index in [0.29, 0.717) is 27.7 Å². The first-order valence-electron chi connectivity index (χ1n) is 7.50. The Hall–Kier alpha value is -2.61. The Kier molecular flexibility index (Phi) is 4.86. The lowest BCUT2D eigenvalue weighted by atomic mass is 10.3. The normalized spacial score (nSPS) is 11.7. The molecular weight excluding hydrogens is 372 g/mol. The van der Waals surface area contributed by atoms with Gasteiger partial charge >= 0.3 is 0 Å². The molecule has 2 aromatic heterocycles. The SMILES string of the molecule is CSc1nc2ccnn2c(Nc2cccc(S(=O)(=O)N(C)C)c2)c1C#N. The third-order valence-electron chi connectivity index (χ3n) is 3.68. The van der Waals surface area contributed by atoms with Crippen LogP contribution in [0.4, 0.5) is 11.5 Å². The number of hydrogen-bond donors (Lipinski definition) is 1. The minimum Gasteiger partial charge on any atom is -0.339 e. The topological polar surface area (TPSA) is 103 Å². The zero-order valence-corrected chi connectivity index (χ0v) is 16.0. The highest BCUT2D eigenvalue weighted by atomic mass is 32.2. The van der Waals surface area contributed by atoms with Gasteiger partial charge in [-0.05, 0) is 24.5 Å². The average Bonchev–Trinajstić information content (AvgIpc) is 3.09. The van der Waals surface area contributed by atoms with Crippen LogP contribution in [0.15, 0.2) is 46.5 Å². The van der Waals surface area contributed by atoms with Crippen molar-refractivity contribution < 1.29 is 8.42 Å². The van der Waals surface area contributed by atoms with Gasteiger partial charge in [-0.25, -0.2) is 17.7 Å². The van der Waals surface area contributed by atoms with Crippen molar-refractivity contribution in [3.63, 3.8) is 0 Å². The maximum Gasteiger partial charge on any atom is 0.242 e. The summed E-state index contributed by atoms with van der Waals surface area (Å²) in [6.45, 7) is 0. The van der Waals surface area contributed by atoms with E-state index in [4.69, 9.17) is 0 Å². The Morgan fingerprint density at radius 2 is 2.08 bits per heavy atom. The van der Waals surface area contributed by atoms with Gasteiger partial charge in [0.1, 0.15) is 16.7 Å². The zero-order valence-electron chi connectivity index (χ0n) is 14.3. The number of nitrogens with zero attached hydrogens (tertiary/aromatic N) is 5. The summed E-state index contributed by atoms with van der Waals surface area (Å²) < 4.78 is 27.4. The smallest absolute Gasteiger partial charge is 0.242 e. The predicted molar refractivity (Wildman–Crippen MR) is 100 cm³/mol. The highest BCUT2D eigenvalue weighted by Gasteiger charge is 2.19. The molecule has 1 aromatic carbocycles. The van der Waals surface area contributed by atoms with Gasteiger partial charge in [0.15, 0.2) is 11.5 Å². The van der Waals surface area contributed by atoms with Gasteiger partial charge in [-0.2, -0.15) is 14.9 Å². The predicted octanol–water partition coefficient (Wildman–Crippen LogP) is 2.32. The summed E-state index contributed by atoms with van der Waals surface area (Å²) in [5.74, 6) is 0.436. The molecule has 3 aromatic rings. The van der Waals surface area contributed by atoms with Crippen LogP contribution >= 0.6 is 11.8 Å². The lowest BCUT2D eigenvalue weighted by Crippen LogP contribution is -2.22. The summed E-state index contributed by atoms with van der Waals surface area (Å²) in [5.41, 5.74) is 1.46. The highest BCUT2D eigenvalue weighted by molar-refractivity contribution is 7.98. The van der Waals surface area contributed by atoms with Crippen LogP contribution in [0, 0.1) is 11.3 Å². The molecule has 0 unspecified atom stereocenters. The summed E-state index contributed by atoms with van der Waals surface area (Å²) >= 11 is 1.36. The van der Waals surface area contributed by atoms with Crippen molar-refractivity contribution >= 4 is 38.9 Å². The molecule has 0 bridgehead atoms. The largest absolute Gasteiger partial charge is 0.339 e. The lowest BCUT2D eigenvalue weighted by Gasteiger charge is -2.15. The summed E-state index contributed by atoms with van der Waals surface area (Å²) in [6, 6.07) is 10.3. The van der Waals surface area contributed by atoms with Gasteiger partial charge in [-0.3, -0.25) is 0 Å². The van der Waals surface area contributed by atoms with Gasteiger partial charge in [0, 0.05) is 25.8 Å². The number of rotatable bonds is 5. The first kappa shape index (κ1) is 18.2. The Labute approximate surface area is 155 Å². The number of nitrogens with one attached hydrogen (secondary N) is 1. The fraction of sp³-hybridized carbons (Fsp3) is 0.188. The molecule has 0 radical (unpaired) electrons. The Morgan fingerprint density at radius 3 is 2.73 bits per heavy atom. The van der Waals surface area contributed by atoms with E-state index in [1.165, 1.54) is 42.5 Å². The summed E-state index contributed by atoms with van der Waals surface area (Å²) in [7, 11) is -0.610.